The highest BCUT2D eigenvalue weighted by Gasteiger charge is 2.11. The molecule has 1 amide bonds. The van der Waals surface area contributed by atoms with Crippen molar-refractivity contribution in [1.29, 1.82) is 0 Å². The van der Waals surface area contributed by atoms with Crippen LogP contribution in [0.3, 0.4) is 0 Å². The van der Waals surface area contributed by atoms with Crippen LogP contribution in [-0.2, 0) is 6.54 Å². The minimum Gasteiger partial charge on any atom is -0.414 e. The summed E-state index contributed by atoms with van der Waals surface area (Å²) < 4.78 is 5.47. The lowest BCUT2D eigenvalue weighted by atomic mass is 10.2. The highest BCUT2D eigenvalue weighted by atomic mass is 32.2. The van der Waals surface area contributed by atoms with Gasteiger partial charge in [-0.1, -0.05) is 43.8 Å². The molecule has 0 aliphatic heterocycles. The molecule has 1 N–H and O–H groups in total. The molecule has 20 heavy (non-hydrogen) atoms. The fourth-order valence-corrected chi connectivity index (χ4v) is 2.20. The average molecular weight is 291 g/mol. The molecule has 2 rings (SSSR count). The fraction of sp³-hybridized carbons (Fsp3) is 0.357. The van der Waals surface area contributed by atoms with E-state index in [0.29, 0.717) is 21.9 Å². The van der Waals surface area contributed by atoms with Gasteiger partial charge in [0.2, 0.25) is 5.89 Å². The molecule has 0 spiro atoms. The lowest BCUT2D eigenvalue weighted by molar-refractivity contribution is 0.0946. The van der Waals surface area contributed by atoms with Crippen LogP contribution in [0.2, 0.25) is 0 Å². The number of rotatable bonds is 6. The molecule has 0 unspecified atom stereocenters. The maximum absolute atomic E-state index is 11.8. The zero-order chi connectivity index (χ0) is 14.4. The van der Waals surface area contributed by atoms with Gasteiger partial charge in [-0.3, -0.25) is 4.79 Å². The molecule has 106 valence electrons. The van der Waals surface area contributed by atoms with Crippen molar-refractivity contribution in [2.75, 3.05) is 0 Å². The monoisotopic (exact) mass is 291 g/mol. The van der Waals surface area contributed by atoms with Crippen molar-refractivity contribution in [3.63, 3.8) is 0 Å². The molecule has 0 saturated carbocycles. The Morgan fingerprint density at radius 2 is 2.10 bits per heavy atom. The number of carbonyl (C=O) groups is 1. The molecule has 0 bridgehead atoms. The van der Waals surface area contributed by atoms with Gasteiger partial charge in [0.25, 0.3) is 11.1 Å². The molecule has 0 aliphatic carbocycles. The fourth-order valence-electron chi connectivity index (χ4n) is 1.46. The first-order valence-corrected chi connectivity index (χ1v) is 7.39. The van der Waals surface area contributed by atoms with Gasteiger partial charge in [-0.15, -0.1) is 10.2 Å². The number of thioether (sulfide) groups is 1. The number of aromatic nitrogens is 2. The summed E-state index contributed by atoms with van der Waals surface area (Å²) in [5, 5.41) is 11.6. The highest BCUT2D eigenvalue weighted by molar-refractivity contribution is 7.99. The van der Waals surface area contributed by atoms with Crippen molar-refractivity contribution < 1.29 is 9.21 Å². The number of hydrogen-bond donors (Lipinski definition) is 1. The van der Waals surface area contributed by atoms with Crippen LogP contribution in [-0.4, -0.2) is 21.4 Å². The molecule has 0 fully saturated rings. The number of nitrogens with one attached hydrogen (secondary N) is 1. The van der Waals surface area contributed by atoms with Crippen LogP contribution >= 0.6 is 11.8 Å². The van der Waals surface area contributed by atoms with Crippen molar-refractivity contribution in [2.24, 2.45) is 0 Å². The standard InChI is InChI=1S/C14H17N3O2S/c1-3-10(2)20-14-17-16-12(19-14)9-15-13(18)11-7-5-4-6-8-11/h4-8,10H,3,9H2,1-2H3,(H,15,18)/t10-/m1/s1. The van der Waals surface area contributed by atoms with Gasteiger partial charge in [0.05, 0.1) is 6.54 Å². The Kier molecular flexibility index (Phi) is 5.17. The number of benzene rings is 1. The van der Waals surface area contributed by atoms with Crippen LogP contribution < -0.4 is 5.32 Å². The molecular formula is C14H17N3O2S. The Morgan fingerprint density at radius 3 is 2.80 bits per heavy atom. The summed E-state index contributed by atoms with van der Waals surface area (Å²) in [4.78, 5) is 11.8. The van der Waals surface area contributed by atoms with E-state index in [1.165, 1.54) is 0 Å². The Labute approximate surface area is 122 Å². The van der Waals surface area contributed by atoms with Crippen molar-refractivity contribution >= 4 is 17.7 Å². The van der Waals surface area contributed by atoms with Gasteiger partial charge < -0.3 is 9.73 Å². The minimum atomic E-state index is -0.153. The number of nitrogens with zero attached hydrogens (tertiary/aromatic N) is 2. The SMILES string of the molecule is CC[C@@H](C)Sc1nnc(CNC(=O)c2ccccc2)o1. The predicted octanol–water partition coefficient (Wildman–Crippen LogP) is 2.89. The van der Waals surface area contributed by atoms with E-state index in [1.807, 2.05) is 18.2 Å². The summed E-state index contributed by atoms with van der Waals surface area (Å²) in [7, 11) is 0. The Morgan fingerprint density at radius 1 is 1.35 bits per heavy atom. The molecule has 0 radical (unpaired) electrons. The topological polar surface area (TPSA) is 68.0 Å². The Balaban J connectivity index is 1.87. The van der Waals surface area contributed by atoms with Gasteiger partial charge >= 0.3 is 0 Å². The summed E-state index contributed by atoms with van der Waals surface area (Å²) in [5.41, 5.74) is 0.612. The molecular weight excluding hydrogens is 274 g/mol. The highest BCUT2D eigenvalue weighted by Crippen LogP contribution is 2.23. The summed E-state index contributed by atoms with van der Waals surface area (Å²) in [6.45, 7) is 4.45. The van der Waals surface area contributed by atoms with E-state index in [4.69, 9.17) is 4.42 Å². The van der Waals surface area contributed by atoms with Crippen LogP contribution in [0.5, 0.6) is 0 Å². The summed E-state index contributed by atoms with van der Waals surface area (Å²) in [5.74, 6) is 0.264. The van der Waals surface area contributed by atoms with Gasteiger partial charge in [0.1, 0.15) is 0 Å². The van der Waals surface area contributed by atoms with Crippen molar-refractivity contribution in [3.8, 4) is 0 Å². The quantitative estimate of drug-likeness (QED) is 0.829. The van der Waals surface area contributed by atoms with E-state index in [2.05, 4.69) is 29.4 Å². The molecule has 5 nitrogen and oxygen atoms in total. The van der Waals surface area contributed by atoms with Crippen LogP contribution in [0.15, 0.2) is 40.0 Å². The molecule has 2 aromatic rings. The molecule has 1 atom stereocenters. The number of carbonyl (C=O) groups excluding carboxylic acids is 1. The maximum atomic E-state index is 11.8. The van der Waals surface area contributed by atoms with Crippen molar-refractivity contribution in [1.82, 2.24) is 15.5 Å². The first kappa shape index (κ1) is 14.6. The lowest BCUT2D eigenvalue weighted by Gasteiger charge is -2.03. The third-order valence-electron chi connectivity index (χ3n) is 2.76. The molecule has 1 aromatic heterocycles. The van der Waals surface area contributed by atoms with Gasteiger partial charge in [-0.05, 0) is 18.6 Å². The maximum Gasteiger partial charge on any atom is 0.276 e. The van der Waals surface area contributed by atoms with E-state index < -0.39 is 0 Å². The van der Waals surface area contributed by atoms with E-state index in [0.717, 1.165) is 6.42 Å². The van der Waals surface area contributed by atoms with Gasteiger partial charge in [0.15, 0.2) is 0 Å². The third-order valence-corrected chi connectivity index (χ3v) is 3.86. The third kappa shape index (κ3) is 4.09. The average Bonchev–Trinajstić information content (AvgIpc) is 2.93. The van der Waals surface area contributed by atoms with Crippen LogP contribution in [0, 0.1) is 0 Å². The zero-order valence-electron chi connectivity index (χ0n) is 11.5. The first-order chi connectivity index (χ1) is 9.69. The van der Waals surface area contributed by atoms with Gasteiger partial charge in [0, 0.05) is 10.8 Å². The Bertz CT molecular complexity index is 557. The second kappa shape index (κ2) is 7.09. The molecule has 0 saturated heterocycles. The van der Waals surface area contributed by atoms with Crippen molar-refractivity contribution in [3.05, 3.63) is 41.8 Å². The smallest absolute Gasteiger partial charge is 0.276 e. The summed E-state index contributed by atoms with van der Waals surface area (Å²) >= 11 is 1.54. The zero-order valence-corrected chi connectivity index (χ0v) is 12.3. The van der Waals surface area contributed by atoms with E-state index in [-0.39, 0.29) is 12.5 Å². The van der Waals surface area contributed by atoms with Crippen LogP contribution in [0.4, 0.5) is 0 Å². The molecule has 0 aliphatic rings. The van der Waals surface area contributed by atoms with Crippen LogP contribution in [0.25, 0.3) is 0 Å². The lowest BCUT2D eigenvalue weighted by Crippen LogP contribution is -2.22. The first-order valence-electron chi connectivity index (χ1n) is 6.51. The van der Waals surface area contributed by atoms with Gasteiger partial charge in [-0.25, -0.2) is 0 Å². The number of hydrogen-bond acceptors (Lipinski definition) is 5. The molecule has 6 heteroatoms. The Hall–Kier alpha value is -1.82. The number of amides is 1. The molecule has 1 aromatic carbocycles. The normalized spacial score (nSPS) is 12.1. The second-order valence-electron chi connectivity index (χ2n) is 4.35. The minimum absolute atomic E-state index is 0.153. The van der Waals surface area contributed by atoms with E-state index in [9.17, 15) is 4.79 Å². The largest absolute Gasteiger partial charge is 0.414 e. The summed E-state index contributed by atoms with van der Waals surface area (Å²) in [6.07, 6.45) is 1.03. The summed E-state index contributed by atoms with van der Waals surface area (Å²) in [6, 6.07) is 9.03. The second-order valence-corrected chi connectivity index (χ2v) is 5.74. The van der Waals surface area contributed by atoms with Crippen LogP contribution in [0.1, 0.15) is 36.5 Å². The van der Waals surface area contributed by atoms with E-state index >= 15 is 0 Å². The predicted molar refractivity (Wildman–Crippen MR) is 77.5 cm³/mol. The van der Waals surface area contributed by atoms with E-state index in [1.54, 1.807) is 23.9 Å². The van der Waals surface area contributed by atoms with Crippen molar-refractivity contribution in [2.45, 2.75) is 37.3 Å². The molecule has 1 heterocycles. The van der Waals surface area contributed by atoms with Gasteiger partial charge in [-0.2, -0.15) is 0 Å².